The lowest BCUT2D eigenvalue weighted by molar-refractivity contribution is -0.167. The molecule has 0 aliphatic rings. The number of hydrogen-bond donors (Lipinski definition) is 0. The smallest absolute Gasteiger partial charge is 0.306 e. The molecule has 0 aliphatic carbocycles. The summed E-state index contributed by atoms with van der Waals surface area (Å²) < 4.78 is 16.7. The zero-order chi connectivity index (χ0) is 45.1. The predicted octanol–water partition coefficient (Wildman–Crippen LogP) is 16.4. The predicted molar refractivity (Wildman–Crippen MR) is 265 cm³/mol. The Morgan fingerprint density at radius 2 is 0.629 bits per heavy atom. The lowest BCUT2D eigenvalue weighted by Gasteiger charge is -2.18. The van der Waals surface area contributed by atoms with Gasteiger partial charge in [0.05, 0.1) is 0 Å². The zero-order valence-corrected chi connectivity index (χ0v) is 39.8. The van der Waals surface area contributed by atoms with Crippen LogP contribution >= 0.6 is 0 Å². The molecule has 0 N–H and O–H groups in total. The molecule has 350 valence electrons. The van der Waals surface area contributed by atoms with Crippen molar-refractivity contribution >= 4 is 17.9 Å². The monoisotopic (exact) mass is 859 g/mol. The summed E-state index contributed by atoms with van der Waals surface area (Å²) in [6, 6.07) is 0. The maximum atomic E-state index is 12.7. The van der Waals surface area contributed by atoms with Gasteiger partial charge in [0, 0.05) is 19.3 Å². The van der Waals surface area contributed by atoms with Crippen LogP contribution < -0.4 is 0 Å². The highest BCUT2D eigenvalue weighted by Crippen LogP contribution is 2.12. The third-order valence-electron chi connectivity index (χ3n) is 9.94. The van der Waals surface area contributed by atoms with Crippen molar-refractivity contribution in [2.75, 3.05) is 13.2 Å². The first-order valence-electron chi connectivity index (χ1n) is 24.9. The molecule has 0 rings (SSSR count). The second-order valence-electron chi connectivity index (χ2n) is 16.0. The van der Waals surface area contributed by atoms with Crippen LogP contribution in [0.4, 0.5) is 0 Å². The Hall–Kier alpha value is -3.93. The minimum atomic E-state index is -0.807. The van der Waals surface area contributed by atoms with Gasteiger partial charge in [-0.25, -0.2) is 0 Å². The molecule has 6 nitrogen and oxygen atoms in total. The van der Waals surface area contributed by atoms with Gasteiger partial charge in [-0.3, -0.25) is 14.4 Å². The van der Waals surface area contributed by atoms with Gasteiger partial charge in [-0.1, -0.05) is 182 Å². The number of rotatable bonds is 43. The summed E-state index contributed by atoms with van der Waals surface area (Å²) in [5, 5.41) is 0. The van der Waals surface area contributed by atoms with Crippen molar-refractivity contribution in [2.24, 2.45) is 0 Å². The molecule has 62 heavy (non-hydrogen) atoms. The second kappa shape index (κ2) is 49.7. The van der Waals surface area contributed by atoms with Crippen LogP contribution in [0.2, 0.25) is 0 Å². The van der Waals surface area contributed by atoms with Crippen LogP contribution in [0.5, 0.6) is 0 Å². The highest BCUT2D eigenvalue weighted by molar-refractivity contribution is 5.71. The highest BCUT2D eigenvalue weighted by Gasteiger charge is 2.19. The summed E-state index contributed by atoms with van der Waals surface area (Å²) in [7, 11) is 0. The lowest BCUT2D eigenvalue weighted by Crippen LogP contribution is -2.30. The van der Waals surface area contributed by atoms with Crippen LogP contribution in [0.3, 0.4) is 0 Å². The lowest BCUT2D eigenvalue weighted by atomic mass is 10.1. The van der Waals surface area contributed by atoms with Crippen LogP contribution in [0, 0.1) is 0 Å². The van der Waals surface area contributed by atoms with E-state index >= 15 is 0 Å². The SMILES string of the molecule is CC/C=C\C/C=C\C/C=C\C/C=C\C/C=C\C/C=C\CCCCC(=O)OCC(COC(=O)CCCCCCC/C=C\CCC)OC(=O)CCCCCCC/C=C\C/C=C\CCC. The summed E-state index contributed by atoms with van der Waals surface area (Å²) in [6.45, 7) is 6.32. The van der Waals surface area contributed by atoms with E-state index in [-0.39, 0.29) is 31.1 Å². The van der Waals surface area contributed by atoms with Crippen LogP contribution in [-0.2, 0) is 28.6 Å². The second-order valence-corrected chi connectivity index (χ2v) is 16.0. The molecule has 0 saturated heterocycles. The van der Waals surface area contributed by atoms with Crippen molar-refractivity contribution in [2.45, 2.75) is 213 Å². The zero-order valence-electron chi connectivity index (χ0n) is 39.8. The molecule has 0 radical (unpaired) electrons. The van der Waals surface area contributed by atoms with Gasteiger partial charge in [0.2, 0.25) is 0 Å². The Balaban J connectivity index is 4.46. The summed E-state index contributed by atoms with van der Waals surface area (Å²) in [4.78, 5) is 37.8. The molecule has 1 unspecified atom stereocenters. The molecular weight excluding hydrogens is 769 g/mol. The van der Waals surface area contributed by atoms with E-state index in [1.165, 1.54) is 19.3 Å². The molecule has 6 heteroatoms. The van der Waals surface area contributed by atoms with Gasteiger partial charge in [0.1, 0.15) is 13.2 Å². The maximum absolute atomic E-state index is 12.7. The van der Waals surface area contributed by atoms with E-state index < -0.39 is 6.10 Å². The Bertz CT molecular complexity index is 1310. The van der Waals surface area contributed by atoms with Crippen molar-refractivity contribution in [1.82, 2.24) is 0 Å². The minimum Gasteiger partial charge on any atom is -0.462 e. The van der Waals surface area contributed by atoms with Crippen molar-refractivity contribution in [3.05, 3.63) is 109 Å². The van der Waals surface area contributed by atoms with E-state index in [1.54, 1.807) is 0 Å². The normalized spacial score (nSPS) is 13.0. The number of hydrogen-bond acceptors (Lipinski definition) is 6. The molecule has 1 atom stereocenters. The van der Waals surface area contributed by atoms with E-state index in [1.807, 2.05) is 0 Å². The van der Waals surface area contributed by atoms with Gasteiger partial charge in [-0.2, -0.15) is 0 Å². The Labute approximate surface area is 380 Å². The van der Waals surface area contributed by atoms with Gasteiger partial charge < -0.3 is 14.2 Å². The molecule has 0 amide bonds. The van der Waals surface area contributed by atoms with Gasteiger partial charge in [-0.05, 0) is 116 Å². The number of unbranched alkanes of at least 4 members (excludes halogenated alkanes) is 14. The topological polar surface area (TPSA) is 78.9 Å². The number of carbonyl (C=O) groups is 3. The first-order chi connectivity index (χ1) is 30.5. The van der Waals surface area contributed by atoms with Crippen LogP contribution in [-0.4, -0.2) is 37.2 Å². The molecular formula is C56H90O6. The third kappa shape index (κ3) is 47.1. The minimum absolute atomic E-state index is 0.105. The summed E-state index contributed by atoms with van der Waals surface area (Å²) >= 11 is 0. The summed E-state index contributed by atoms with van der Waals surface area (Å²) in [5.74, 6) is -0.983. The van der Waals surface area contributed by atoms with E-state index in [0.717, 1.165) is 141 Å². The first-order valence-corrected chi connectivity index (χ1v) is 24.9. The quantitative estimate of drug-likeness (QED) is 0.0263. The van der Waals surface area contributed by atoms with E-state index in [4.69, 9.17) is 14.2 Å². The fourth-order valence-electron chi connectivity index (χ4n) is 6.25. The van der Waals surface area contributed by atoms with Crippen LogP contribution in [0.15, 0.2) is 109 Å². The largest absolute Gasteiger partial charge is 0.462 e. The Morgan fingerprint density at radius 1 is 0.339 bits per heavy atom. The number of ether oxygens (including phenoxy) is 3. The van der Waals surface area contributed by atoms with Crippen molar-refractivity contribution in [1.29, 1.82) is 0 Å². The molecule has 0 fully saturated rings. The van der Waals surface area contributed by atoms with E-state index in [2.05, 4.69) is 130 Å². The number of allylic oxidation sites excluding steroid dienone is 18. The summed E-state index contributed by atoms with van der Waals surface area (Å²) in [5.41, 5.74) is 0. The molecule has 0 heterocycles. The van der Waals surface area contributed by atoms with Crippen molar-refractivity contribution < 1.29 is 28.6 Å². The standard InChI is InChI=1S/C56H90O6/c1-4-7-10-13-16-19-22-24-25-26-27-28-29-30-31-33-34-37-40-43-46-49-55(58)61-52-53(51-60-54(57)48-45-42-39-36-21-18-15-12-9-6-3)62-56(59)50-47-44-41-38-35-32-23-20-17-14-11-8-5-2/h7,10-12,14-16,19-20,23-25,27-28,30-31,34,37,53H,4-6,8-9,13,17-18,21-22,26,29,32-33,35-36,38-52H2,1-3H3/b10-7-,14-11-,15-12-,19-16-,23-20-,25-24-,28-27-,31-30-,37-34-. The molecule has 0 aromatic carbocycles. The van der Waals surface area contributed by atoms with Gasteiger partial charge in [0.25, 0.3) is 0 Å². The van der Waals surface area contributed by atoms with Crippen LogP contribution in [0.1, 0.15) is 207 Å². The Morgan fingerprint density at radius 3 is 1.05 bits per heavy atom. The van der Waals surface area contributed by atoms with Gasteiger partial charge in [-0.15, -0.1) is 0 Å². The van der Waals surface area contributed by atoms with Gasteiger partial charge >= 0.3 is 17.9 Å². The molecule has 0 aromatic rings. The average molecular weight is 859 g/mol. The molecule has 0 aromatic heterocycles. The number of carbonyl (C=O) groups excluding carboxylic acids is 3. The fraction of sp³-hybridized carbons (Fsp3) is 0.625. The van der Waals surface area contributed by atoms with E-state index in [0.29, 0.717) is 25.7 Å². The van der Waals surface area contributed by atoms with Gasteiger partial charge in [0.15, 0.2) is 6.10 Å². The fourth-order valence-corrected chi connectivity index (χ4v) is 6.25. The molecule has 0 bridgehead atoms. The van der Waals surface area contributed by atoms with Crippen molar-refractivity contribution in [3.63, 3.8) is 0 Å². The molecule has 0 spiro atoms. The number of esters is 3. The third-order valence-corrected chi connectivity index (χ3v) is 9.94. The van der Waals surface area contributed by atoms with Crippen LogP contribution in [0.25, 0.3) is 0 Å². The Kier molecular flexibility index (Phi) is 46.6. The van der Waals surface area contributed by atoms with Crippen molar-refractivity contribution in [3.8, 4) is 0 Å². The molecule has 0 saturated carbocycles. The van der Waals surface area contributed by atoms with E-state index in [9.17, 15) is 14.4 Å². The molecule has 0 aliphatic heterocycles. The highest BCUT2D eigenvalue weighted by atomic mass is 16.6. The summed E-state index contributed by atoms with van der Waals surface area (Å²) in [6.07, 6.45) is 66.5. The first kappa shape index (κ1) is 58.1. The maximum Gasteiger partial charge on any atom is 0.306 e. The average Bonchev–Trinajstić information content (AvgIpc) is 3.27.